The molecule has 0 saturated heterocycles. The van der Waals surface area contributed by atoms with Crippen molar-refractivity contribution in [1.29, 1.82) is 0 Å². The number of nitrogens with zero attached hydrogens (tertiary/aromatic N) is 1. The van der Waals surface area contributed by atoms with Gasteiger partial charge < -0.3 is 15.0 Å². The molecule has 1 aliphatic heterocycles. The van der Waals surface area contributed by atoms with Crippen molar-refractivity contribution in [1.82, 2.24) is 4.90 Å². The molecule has 6 rings (SSSR count). The van der Waals surface area contributed by atoms with E-state index in [0.717, 1.165) is 46.5 Å². The molecule has 3 aromatic rings. The molecule has 0 fully saturated rings. The highest BCUT2D eigenvalue weighted by molar-refractivity contribution is 6.33. The molecule has 0 bridgehead atoms. The van der Waals surface area contributed by atoms with Gasteiger partial charge in [-0.05, 0) is 59.1 Å². The highest BCUT2D eigenvalue weighted by atomic mass is 35.5. The molecular weight excluding hydrogens is 584 g/mol. The Morgan fingerprint density at radius 2 is 1.36 bits per heavy atom. The molecule has 0 spiro atoms. The number of hydrogen-bond acceptors (Lipinski definition) is 5. The summed E-state index contributed by atoms with van der Waals surface area (Å²) in [6, 6.07) is 24.8. The van der Waals surface area contributed by atoms with Crippen LogP contribution in [0.1, 0.15) is 70.4 Å². The van der Waals surface area contributed by atoms with Crippen molar-refractivity contribution in [2.24, 2.45) is 10.8 Å². The Bertz CT molecular complexity index is 1670. The number of Topliss-reactive ketones (excluding diaryl/α,β-unsaturated/α-hetero) is 2. The molecule has 0 atom stereocenters. The van der Waals surface area contributed by atoms with Gasteiger partial charge in [0.1, 0.15) is 5.75 Å². The van der Waals surface area contributed by atoms with Crippen LogP contribution >= 0.6 is 11.6 Å². The number of ether oxygens (including phenoxy) is 1. The summed E-state index contributed by atoms with van der Waals surface area (Å²) in [5.41, 5.74) is 5.71. The van der Waals surface area contributed by atoms with Crippen LogP contribution in [0.5, 0.6) is 5.75 Å². The van der Waals surface area contributed by atoms with Crippen LogP contribution in [0.25, 0.3) is 0 Å². The van der Waals surface area contributed by atoms with E-state index >= 15 is 0 Å². The molecule has 0 saturated carbocycles. The van der Waals surface area contributed by atoms with Crippen molar-refractivity contribution in [3.63, 3.8) is 0 Å². The number of carbonyl (C=O) groups excluding carboxylic acids is 3. The van der Waals surface area contributed by atoms with E-state index in [0.29, 0.717) is 35.8 Å². The van der Waals surface area contributed by atoms with Crippen LogP contribution in [0.3, 0.4) is 0 Å². The van der Waals surface area contributed by atoms with Gasteiger partial charge in [-0.3, -0.25) is 14.4 Å². The van der Waals surface area contributed by atoms with E-state index in [-0.39, 0.29) is 34.9 Å². The first-order valence-corrected chi connectivity index (χ1v) is 15.9. The third-order valence-corrected chi connectivity index (χ3v) is 9.27. The molecule has 0 unspecified atom stereocenters. The highest BCUT2D eigenvalue weighted by Crippen LogP contribution is 2.54. The van der Waals surface area contributed by atoms with Gasteiger partial charge in [0, 0.05) is 47.8 Å². The maximum absolute atomic E-state index is 14.1. The summed E-state index contributed by atoms with van der Waals surface area (Å²) in [6.45, 7) is 9.03. The fourth-order valence-corrected chi connectivity index (χ4v) is 7.18. The lowest BCUT2D eigenvalue weighted by Gasteiger charge is -2.49. The molecule has 0 aromatic heterocycles. The van der Waals surface area contributed by atoms with Crippen LogP contribution in [0.4, 0.5) is 5.69 Å². The van der Waals surface area contributed by atoms with Gasteiger partial charge in [0.2, 0.25) is 0 Å². The van der Waals surface area contributed by atoms with E-state index < -0.39 is 5.92 Å². The minimum absolute atomic E-state index is 0.102. The molecular formula is C38H39ClN2O4. The number of rotatable bonds is 7. The predicted molar refractivity (Wildman–Crippen MR) is 177 cm³/mol. The number of carbonyl (C=O) groups is 3. The van der Waals surface area contributed by atoms with Crippen molar-refractivity contribution in [2.45, 2.75) is 65.8 Å². The molecule has 1 N–H and O–H groups in total. The van der Waals surface area contributed by atoms with Gasteiger partial charge in [0.05, 0.1) is 10.7 Å². The summed E-state index contributed by atoms with van der Waals surface area (Å²) in [6.07, 6.45) is 2.38. The lowest BCUT2D eigenvalue weighted by Crippen LogP contribution is -2.44. The van der Waals surface area contributed by atoms with Crippen LogP contribution in [-0.2, 0) is 20.9 Å². The van der Waals surface area contributed by atoms with Gasteiger partial charge in [0.25, 0.3) is 5.91 Å². The number of halogens is 1. The van der Waals surface area contributed by atoms with Crippen LogP contribution in [0.2, 0.25) is 5.02 Å². The number of ketones is 2. The van der Waals surface area contributed by atoms with Gasteiger partial charge >= 0.3 is 0 Å². The monoisotopic (exact) mass is 622 g/mol. The summed E-state index contributed by atoms with van der Waals surface area (Å²) in [7, 11) is 0. The second-order valence-corrected chi connectivity index (χ2v) is 14.4. The van der Waals surface area contributed by atoms with Gasteiger partial charge in [-0.2, -0.15) is 0 Å². The lowest BCUT2D eigenvalue weighted by molar-refractivity contribution is -0.120. The van der Waals surface area contributed by atoms with Gasteiger partial charge in [0.15, 0.2) is 18.2 Å². The summed E-state index contributed by atoms with van der Waals surface area (Å²) < 4.78 is 5.79. The number of para-hydroxylation sites is 1. The lowest BCUT2D eigenvalue weighted by atomic mass is 9.63. The first kappa shape index (κ1) is 30.8. The third-order valence-electron chi connectivity index (χ3n) is 8.94. The fraction of sp³-hybridized carbons (Fsp3) is 0.342. The van der Waals surface area contributed by atoms with Crippen molar-refractivity contribution in [3.05, 3.63) is 118 Å². The Labute approximate surface area is 270 Å². The molecule has 0 radical (unpaired) electrons. The SMILES string of the molecule is CC1(C)CC(=O)C2=C(C1)N(Cc1ccccc1)C1=C(C(=O)CC(C)(C)C1)C2c1ccc(OCC(=O)Nc2ccccc2Cl)cc1. The van der Waals surface area contributed by atoms with Crippen LogP contribution in [0, 0.1) is 10.8 Å². The summed E-state index contributed by atoms with van der Waals surface area (Å²) >= 11 is 6.16. The Morgan fingerprint density at radius 1 is 0.800 bits per heavy atom. The molecule has 6 nitrogen and oxygen atoms in total. The molecule has 1 amide bonds. The second-order valence-electron chi connectivity index (χ2n) is 14.0. The third kappa shape index (κ3) is 6.48. The molecule has 1 heterocycles. The van der Waals surface area contributed by atoms with E-state index in [1.54, 1.807) is 24.3 Å². The predicted octanol–water partition coefficient (Wildman–Crippen LogP) is 8.24. The standard InChI is InChI=1S/C38H39ClN2O4/c1-37(2)18-29-35(31(42)20-37)34(25-14-16-26(17-15-25)45-23-33(44)40-28-13-9-8-12-27(28)39)36-30(19-38(3,4)21-32(36)43)41(29)22-24-10-6-5-7-11-24/h5-17,34H,18-23H2,1-4H3,(H,40,44). The first-order chi connectivity index (χ1) is 21.4. The Morgan fingerprint density at radius 3 is 1.93 bits per heavy atom. The van der Waals surface area contributed by atoms with Crippen molar-refractivity contribution in [3.8, 4) is 5.75 Å². The number of benzene rings is 3. The smallest absolute Gasteiger partial charge is 0.262 e. The van der Waals surface area contributed by atoms with Gasteiger partial charge in [-0.25, -0.2) is 0 Å². The molecule has 3 aromatic carbocycles. The minimum Gasteiger partial charge on any atom is -0.484 e. The van der Waals surface area contributed by atoms with E-state index in [2.05, 4.69) is 50.0 Å². The van der Waals surface area contributed by atoms with E-state index in [4.69, 9.17) is 16.3 Å². The van der Waals surface area contributed by atoms with Crippen molar-refractivity contribution >= 4 is 34.8 Å². The van der Waals surface area contributed by atoms with Crippen LogP contribution in [0.15, 0.2) is 101 Å². The molecule has 3 aliphatic rings. The normalized spacial score (nSPS) is 19.3. The molecule has 45 heavy (non-hydrogen) atoms. The van der Waals surface area contributed by atoms with E-state index in [1.165, 1.54) is 0 Å². The zero-order valence-electron chi connectivity index (χ0n) is 26.3. The summed E-state index contributed by atoms with van der Waals surface area (Å²) in [5, 5.41) is 3.21. The van der Waals surface area contributed by atoms with Crippen molar-refractivity contribution < 1.29 is 19.1 Å². The fourth-order valence-electron chi connectivity index (χ4n) is 6.99. The van der Waals surface area contributed by atoms with Gasteiger partial charge in [-0.1, -0.05) is 93.9 Å². The molecule has 7 heteroatoms. The van der Waals surface area contributed by atoms with Crippen LogP contribution in [-0.4, -0.2) is 29.0 Å². The van der Waals surface area contributed by atoms with Crippen molar-refractivity contribution in [2.75, 3.05) is 11.9 Å². The summed E-state index contributed by atoms with van der Waals surface area (Å²) in [4.78, 5) is 42.9. The molecule has 2 aliphatic carbocycles. The zero-order chi connectivity index (χ0) is 31.9. The number of amides is 1. The Balaban J connectivity index is 1.35. The second kappa shape index (κ2) is 12.0. The average molecular weight is 623 g/mol. The minimum atomic E-state index is -0.438. The first-order valence-electron chi connectivity index (χ1n) is 15.5. The van der Waals surface area contributed by atoms with E-state index in [9.17, 15) is 14.4 Å². The van der Waals surface area contributed by atoms with Crippen LogP contribution < -0.4 is 10.1 Å². The highest BCUT2D eigenvalue weighted by Gasteiger charge is 2.48. The average Bonchev–Trinajstić information content (AvgIpc) is 2.98. The number of allylic oxidation sites excluding steroid dienone is 4. The number of hydrogen-bond donors (Lipinski definition) is 1. The largest absolute Gasteiger partial charge is 0.484 e. The number of nitrogens with one attached hydrogen (secondary N) is 1. The van der Waals surface area contributed by atoms with E-state index in [1.807, 2.05) is 42.5 Å². The number of anilines is 1. The topological polar surface area (TPSA) is 75.7 Å². The maximum atomic E-state index is 14.1. The molecule has 232 valence electrons. The Kier molecular flexibility index (Phi) is 8.21. The maximum Gasteiger partial charge on any atom is 0.262 e. The summed E-state index contributed by atoms with van der Waals surface area (Å²) in [5.74, 6) is -0.0412. The quantitative estimate of drug-likeness (QED) is 0.287. The van der Waals surface area contributed by atoms with Gasteiger partial charge in [-0.15, -0.1) is 0 Å². The Hall–Kier alpha value is -4.16. The zero-order valence-corrected chi connectivity index (χ0v) is 27.0.